The van der Waals surface area contributed by atoms with Crippen LogP contribution in [0.25, 0.3) is 0 Å². The second-order valence-electron chi connectivity index (χ2n) is 5.39. The third-order valence-corrected chi connectivity index (χ3v) is 4.51. The van der Waals surface area contributed by atoms with Gasteiger partial charge in [-0.2, -0.15) is 5.10 Å². The van der Waals surface area contributed by atoms with E-state index >= 15 is 0 Å². The lowest BCUT2D eigenvalue weighted by Gasteiger charge is -2.35. The number of nitrogens with zero attached hydrogens (tertiary/aromatic N) is 3. The molecule has 2 aromatic rings. The molecule has 0 aliphatic heterocycles. The van der Waals surface area contributed by atoms with Gasteiger partial charge in [0.15, 0.2) is 0 Å². The molecule has 0 spiro atoms. The average Bonchev–Trinajstić information content (AvgIpc) is 2.90. The Hall–Kier alpha value is -1.39. The number of benzene rings is 1. The van der Waals surface area contributed by atoms with Gasteiger partial charge in [0.05, 0.1) is 6.04 Å². The molecule has 0 amide bonds. The molecule has 1 aliphatic rings. The summed E-state index contributed by atoms with van der Waals surface area (Å²) in [5, 5.41) is 16.2. The lowest BCUT2D eigenvalue weighted by Crippen LogP contribution is -2.36. The van der Waals surface area contributed by atoms with Crippen LogP contribution in [0, 0.1) is 0 Å². The molecule has 4 nitrogen and oxygen atoms in total. The van der Waals surface area contributed by atoms with Crippen LogP contribution in [0.4, 0.5) is 0 Å². The van der Waals surface area contributed by atoms with Crippen molar-refractivity contribution in [2.75, 3.05) is 0 Å². The van der Waals surface area contributed by atoms with Gasteiger partial charge in [-0.1, -0.05) is 49.1 Å². The van der Waals surface area contributed by atoms with Crippen LogP contribution in [0.15, 0.2) is 36.9 Å². The van der Waals surface area contributed by atoms with Crippen molar-refractivity contribution in [1.29, 1.82) is 0 Å². The van der Waals surface area contributed by atoms with E-state index in [1.807, 2.05) is 24.3 Å². The van der Waals surface area contributed by atoms with E-state index in [1.165, 1.54) is 6.33 Å². The van der Waals surface area contributed by atoms with Crippen LogP contribution in [0.3, 0.4) is 0 Å². The van der Waals surface area contributed by atoms with Crippen LogP contribution in [0.2, 0.25) is 5.02 Å². The van der Waals surface area contributed by atoms with Crippen molar-refractivity contribution in [2.45, 2.75) is 43.7 Å². The number of aromatic nitrogens is 3. The number of rotatable bonds is 2. The molecule has 0 bridgehead atoms. The van der Waals surface area contributed by atoms with E-state index in [2.05, 4.69) is 10.1 Å². The van der Waals surface area contributed by atoms with Crippen molar-refractivity contribution < 1.29 is 5.11 Å². The molecule has 0 radical (unpaired) electrons. The normalized spacial score (nSPS) is 27.2. The monoisotopic (exact) mass is 291 g/mol. The average molecular weight is 292 g/mol. The Bertz CT molecular complexity index is 572. The predicted molar refractivity (Wildman–Crippen MR) is 77.5 cm³/mol. The van der Waals surface area contributed by atoms with Crippen LogP contribution < -0.4 is 0 Å². The quantitative estimate of drug-likeness (QED) is 0.864. The summed E-state index contributed by atoms with van der Waals surface area (Å²) in [6.07, 6.45) is 7.96. The molecule has 1 aromatic carbocycles. The molecule has 1 N–H and O–H groups in total. The molecule has 1 saturated carbocycles. The lowest BCUT2D eigenvalue weighted by molar-refractivity contribution is -0.0285. The number of hydrogen-bond donors (Lipinski definition) is 1. The first-order chi connectivity index (χ1) is 9.72. The van der Waals surface area contributed by atoms with Crippen molar-refractivity contribution in [3.8, 4) is 0 Å². The third-order valence-electron chi connectivity index (χ3n) is 4.18. The van der Waals surface area contributed by atoms with E-state index in [4.69, 9.17) is 11.6 Å². The summed E-state index contributed by atoms with van der Waals surface area (Å²) in [5.74, 6) is 0. The second kappa shape index (κ2) is 5.54. The molecular formula is C15H18ClN3O. The minimum atomic E-state index is -0.984. The van der Waals surface area contributed by atoms with Crippen molar-refractivity contribution in [2.24, 2.45) is 0 Å². The van der Waals surface area contributed by atoms with Crippen molar-refractivity contribution in [1.82, 2.24) is 14.8 Å². The molecule has 0 unspecified atom stereocenters. The van der Waals surface area contributed by atoms with Gasteiger partial charge >= 0.3 is 0 Å². The Morgan fingerprint density at radius 3 is 2.85 bits per heavy atom. The third kappa shape index (κ3) is 2.34. The van der Waals surface area contributed by atoms with E-state index < -0.39 is 5.60 Å². The Morgan fingerprint density at radius 1 is 1.25 bits per heavy atom. The molecular weight excluding hydrogens is 274 g/mol. The minimum absolute atomic E-state index is 0.118. The zero-order valence-corrected chi connectivity index (χ0v) is 12.0. The molecule has 5 heteroatoms. The predicted octanol–water partition coefficient (Wildman–Crippen LogP) is 3.32. The van der Waals surface area contributed by atoms with Crippen LogP contribution >= 0.6 is 11.6 Å². The van der Waals surface area contributed by atoms with E-state index in [9.17, 15) is 5.11 Å². The first-order valence-corrected chi connectivity index (χ1v) is 7.41. The highest BCUT2D eigenvalue weighted by atomic mass is 35.5. The summed E-state index contributed by atoms with van der Waals surface area (Å²) >= 11 is 6.32. The summed E-state index contributed by atoms with van der Waals surface area (Å²) < 4.78 is 1.77. The lowest BCUT2D eigenvalue weighted by atomic mass is 9.82. The zero-order valence-electron chi connectivity index (χ0n) is 11.2. The molecule has 1 fully saturated rings. The summed E-state index contributed by atoms with van der Waals surface area (Å²) in [6, 6.07) is 7.43. The van der Waals surface area contributed by atoms with Crippen molar-refractivity contribution in [3.63, 3.8) is 0 Å². The number of aliphatic hydroxyl groups is 1. The summed E-state index contributed by atoms with van der Waals surface area (Å²) in [5.41, 5.74) is -0.188. The van der Waals surface area contributed by atoms with E-state index in [0.717, 1.165) is 31.2 Å². The molecule has 0 saturated heterocycles. The molecule has 20 heavy (non-hydrogen) atoms. The van der Waals surface area contributed by atoms with Gasteiger partial charge in [-0.05, 0) is 18.9 Å². The zero-order chi connectivity index (χ0) is 14.0. The first kappa shape index (κ1) is 13.6. The van der Waals surface area contributed by atoms with Crippen LogP contribution in [0.5, 0.6) is 0 Å². The first-order valence-electron chi connectivity index (χ1n) is 7.03. The molecule has 1 heterocycles. The van der Waals surface area contributed by atoms with Gasteiger partial charge in [0.25, 0.3) is 0 Å². The van der Waals surface area contributed by atoms with Gasteiger partial charge in [-0.25, -0.2) is 9.67 Å². The van der Waals surface area contributed by atoms with Crippen LogP contribution in [-0.2, 0) is 5.60 Å². The Morgan fingerprint density at radius 2 is 2.10 bits per heavy atom. The fraction of sp³-hybridized carbons (Fsp3) is 0.467. The minimum Gasteiger partial charge on any atom is -0.383 e. The van der Waals surface area contributed by atoms with E-state index in [-0.39, 0.29) is 6.04 Å². The molecule has 1 aliphatic carbocycles. The SMILES string of the molecule is O[C@]1(c2ccccc2Cl)CCCCC[C@H]1n1cncn1. The van der Waals surface area contributed by atoms with Crippen LogP contribution in [0.1, 0.15) is 43.7 Å². The summed E-state index contributed by atoms with van der Waals surface area (Å²) in [6.45, 7) is 0. The fourth-order valence-corrected chi connectivity index (χ4v) is 3.47. The maximum absolute atomic E-state index is 11.4. The molecule has 3 rings (SSSR count). The fourth-order valence-electron chi connectivity index (χ4n) is 3.17. The highest BCUT2D eigenvalue weighted by Gasteiger charge is 2.42. The van der Waals surface area contributed by atoms with Gasteiger partial charge in [0, 0.05) is 10.6 Å². The number of hydrogen-bond acceptors (Lipinski definition) is 3. The van der Waals surface area contributed by atoms with Gasteiger partial charge < -0.3 is 5.11 Å². The summed E-state index contributed by atoms with van der Waals surface area (Å²) in [4.78, 5) is 4.02. The number of halogens is 1. The van der Waals surface area contributed by atoms with Crippen LogP contribution in [-0.4, -0.2) is 19.9 Å². The van der Waals surface area contributed by atoms with Gasteiger partial charge in [-0.15, -0.1) is 0 Å². The Balaban J connectivity index is 2.08. The van der Waals surface area contributed by atoms with Crippen molar-refractivity contribution in [3.05, 3.63) is 47.5 Å². The Kier molecular flexibility index (Phi) is 3.76. The highest BCUT2D eigenvalue weighted by Crippen LogP contribution is 2.45. The van der Waals surface area contributed by atoms with Gasteiger partial charge in [-0.3, -0.25) is 0 Å². The maximum Gasteiger partial charge on any atom is 0.137 e. The van der Waals surface area contributed by atoms with Crippen molar-refractivity contribution >= 4 is 11.6 Å². The molecule has 1 aromatic heterocycles. The highest BCUT2D eigenvalue weighted by molar-refractivity contribution is 6.31. The Labute approximate surface area is 123 Å². The molecule has 2 atom stereocenters. The van der Waals surface area contributed by atoms with E-state index in [0.29, 0.717) is 11.4 Å². The largest absolute Gasteiger partial charge is 0.383 e. The smallest absolute Gasteiger partial charge is 0.137 e. The molecule has 106 valence electrons. The second-order valence-corrected chi connectivity index (χ2v) is 5.80. The standard InChI is InChI=1S/C15H18ClN3O/c16-13-7-4-3-6-12(13)15(20)9-5-1-2-8-14(15)19-11-17-10-18-19/h3-4,6-7,10-11,14,20H,1-2,5,8-9H2/t14-,15+/m1/s1. The summed E-state index contributed by atoms with van der Waals surface area (Å²) in [7, 11) is 0. The van der Waals surface area contributed by atoms with E-state index in [1.54, 1.807) is 11.0 Å². The van der Waals surface area contributed by atoms with Gasteiger partial charge in [0.2, 0.25) is 0 Å². The maximum atomic E-state index is 11.4. The van der Waals surface area contributed by atoms with Gasteiger partial charge in [0.1, 0.15) is 18.3 Å². The topological polar surface area (TPSA) is 50.9 Å².